The maximum atomic E-state index is 12.5. The second-order valence-electron chi connectivity index (χ2n) is 5.43. The molecule has 3 aromatic heterocycles. The average Bonchev–Trinajstić information content (AvgIpc) is 3.17. The van der Waals surface area contributed by atoms with Gasteiger partial charge in [-0.05, 0) is 29.7 Å². The van der Waals surface area contributed by atoms with E-state index in [1.54, 1.807) is 24.5 Å². The minimum atomic E-state index is -2.80. The number of rotatable bonds is 5. The first-order chi connectivity index (χ1) is 12.7. The molecule has 26 heavy (non-hydrogen) atoms. The molecular weight excluding hydrogens is 342 g/mol. The van der Waals surface area contributed by atoms with Gasteiger partial charge in [-0.2, -0.15) is 8.78 Å². The zero-order chi connectivity index (χ0) is 17.9. The summed E-state index contributed by atoms with van der Waals surface area (Å²) in [5.74, 6) is -0.00248. The molecule has 6 nitrogen and oxygen atoms in total. The number of fused-ring (bicyclic) bond motifs is 1. The molecular formula is C18H12F2N4O2. The predicted molar refractivity (Wildman–Crippen MR) is 88.6 cm³/mol. The van der Waals surface area contributed by atoms with Gasteiger partial charge in [0, 0.05) is 24.0 Å². The maximum absolute atomic E-state index is 12.5. The van der Waals surface area contributed by atoms with Crippen molar-refractivity contribution >= 4 is 10.8 Å². The van der Waals surface area contributed by atoms with Crippen molar-refractivity contribution < 1.29 is 17.9 Å². The molecule has 0 unspecified atom stereocenters. The lowest BCUT2D eigenvalue weighted by molar-refractivity contribution is 0.116. The van der Waals surface area contributed by atoms with Crippen LogP contribution in [0.15, 0.2) is 59.4 Å². The van der Waals surface area contributed by atoms with Gasteiger partial charge < -0.3 is 9.15 Å². The fourth-order valence-electron chi connectivity index (χ4n) is 2.44. The molecule has 0 saturated carbocycles. The topological polar surface area (TPSA) is 73.9 Å². The molecule has 0 aliphatic carbocycles. The van der Waals surface area contributed by atoms with Crippen molar-refractivity contribution in [3.63, 3.8) is 0 Å². The molecule has 1 aromatic carbocycles. The summed E-state index contributed by atoms with van der Waals surface area (Å²) in [5.41, 5.74) is 1.13. The van der Waals surface area contributed by atoms with E-state index in [2.05, 4.69) is 20.2 Å². The Labute approximate surface area is 146 Å². The Balaban J connectivity index is 1.49. The zero-order valence-corrected chi connectivity index (χ0v) is 13.3. The summed E-state index contributed by atoms with van der Waals surface area (Å²) in [5, 5.41) is 8.83. The van der Waals surface area contributed by atoms with Crippen LogP contribution in [0.25, 0.3) is 22.2 Å². The monoisotopic (exact) mass is 354 g/mol. The lowest BCUT2D eigenvalue weighted by Gasteiger charge is -2.08. The van der Waals surface area contributed by atoms with Gasteiger partial charge >= 0.3 is 6.43 Å². The molecule has 0 N–H and O–H groups in total. The van der Waals surface area contributed by atoms with Crippen molar-refractivity contribution in [1.29, 1.82) is 0 Å². The standard InChI is InChI=1S/C18H12F2N4O2/c19-16(20)18-24-23-17(26-18)12-4-5-13(22-8-12)10-25-15-3-1-2-11-6-7-21-9-14(11)15/h1-9,16H,10H2. The molecule has 4 aromatic rings. The van der Waals surface area contributed by atoms with Gasteiger partial charge in [0.1, 0.15) is 12.4 Å². The van der Waals surface area contributed by atoms with Crippen LogP contribution in [-0.4, -0.2) is 20.2 Å². The zero-order valence-electron chi connectivity index (χ0n) is 13.3. The predicted octanol–water partition coefficient (Wildman–Crippen LogP) is 4.20. The average molecular weight is 354 g/mol. The van der Waals surface area contributed by atoms with Crippen molar-refractivity contribution in [2.75, 3.05) is 0 Å². The first-order valence-corrected chi connectivity index (χ1v) is 7.73. The molecule has 0 fully saturated rings. The van der Waals surface area contributed by atoms with Gasteiger partial charge in [-0.3, -0.25) is 9.97 Å². The van der Waals surface area contributed by atoms with E-state index in [-0.39, 0.29) is 12.5 Å². The smallest absolute Gasteiger partial charge is 0.314 e. The minimum Gasteiger partial charge on any atom is -0.487 e. The summed E-state index contributed by atoms with van der Waals surface area (Å²) in [6.07, 6.45) is 2.15. The fourth-order valence-corrected chi connectivity index (χ4v) is 2.44. The quantitative estimate of drug-likeness (QED) is 0.535. The Morgan fingerprint density at radius 2 is 1.96 bits per heavy atom. The van der Waals surface area contributed by atoms with Crippen LogP contribution in [0.4, 0.5) is 8.78 Å². The highest BCUT2D eigenvalue weighted by molar-refractivity contribution is 5.87. The molecule has 3 heterocycles. The number of nitrogens with zero attached hydrogens (tertiary/aromatic N) is 4. The molecule has 0 aliphatic heterocycles. The Bertz CT molecular complexity index is 1030. The second kappa shape index (κ2) is 6.83. The van der Waals surface area contributed by atoms with Crippen LogP contribution in [0.5, 0.6) is 5.75 Å². The number of hydrogen-bond acceptors (Lipinski definition) is 6. The molecule has 0 radical (unpaired) electrons. The molecule has 0 spiro atoms. The largest absolute Gasteiger partial charge is 0.487 e. The SMILES string of the molecule is FC(F)c1nnc(-c2ccc(COc3cccc4ccncc34)nc2)o1. The normalized spacial score (nSPS) is 11.2. The third kappa shape index (κ3) is 3.21. The number of pyridine rings is 2. The van der Waals surface area contributed by atoms with Crippen LogP contribution < -0.4 is 4.74 Å². The summed E-state index contributed by atoms with van der Waals surface area (Å²) < 4.78 is 35.7. The molecule has 0 saturated heterocycles. The van der Waals surface area contributed by atoms with E-state index in [1.807, 2.05) is 24.3 Å². The molecule has 130 valence electrons. The minimum absolute atomic E-state index is 0.000367. The van der Waals surface area contributed by atoms with Crippen LogP contribution in [0.2, 0.25) is 0 Å². The van der Waals surface area contributed by atoms with Gasteiger partial charge in [0.05, 0.1) is 11.3 Å². The van der Waals surface area contributed by atoms with Gasteiger partial charge in [-0.1, -0.05) is 12.1 Å². The van der Waals surface area contributed by atoms with Gasteiger partial charge in [-0.25, -0.2) is 0 Å². The lowest BCUT2D eigenvalue weighted by atomic mass is 10.1. The number of halogens is 2. The highest BCUT2D eigenvalue weighted by Gasteiger charge is 2.17. The van der Waals surface area contributed by atoms with Crippen LogP contribution in [0.3, 0.4) is 0 Å². The third-order valence-corrected chi connectivity index (χ3v) is 3.72. The van der Waals surface area contributed by atoms with Gasteiger partial charge in [0.15, 0.2) is 0 Å². The number of aromatic nitrogens is 4. The van der Waals surface area contributed by atoms with Crippen molar-refractivity contribution in [2.24, 2.45) is 0 Å². The Kier molecular flexibility index (Phi) is 4.22. The summed E-state index contributed by atoms with van der Waals surface area (Å²) in [6.45, 7) is 0.250. The van der Waals surface area contributed by atoms with E-state index >= 15 is 0 Å². The number of ether oxygens (including phenoxy) is 1. The third-order valence-electron chi connectivity index (χ3n) is 3.72. The number of benzene rings is 1. The van der Waals surface area contributed by atoms with Crippen molar-refractivity contribution in [3.05, 3.63) is 66.6 Å². The first-order valence-electron chi connectivity index (χ1n) is 7.73. The highest BCUT2D eigenvalue weighted by atomic mass is 19.3. The molecule has 0 bridgehead atoms. The van der Waals surface area contributed by atoms with E-state index in [0.29, 0.717) is 17.0 Å². The van der Waals surface area contributed by atoms with Crippen LogP contribution >= 0.6 is 0 Å². The molecule has 0 amide bonds. The second-order valence-corrected chi connectivity index (χ2v) is 5.43. The maximum Gasteiger partial charge on any atom is 0.314 e. The number of hydrogen-bond donors (Lipinski definition) is 0. The van der Waals surface area contributed by atoms with E-state index < -0.39 is 12.3 Å². The Morgan fingerprint density at radius 3 is 2.73 bits per heavy atom. The van der Waals surface area contributed by atoms with E-state index in [9.17, 15) is 8.78 Å². The van der Waals surface area contributed by atoms with Crippen LogP contribution in [-0.2, 0) is 6.61 Å². The molecule has 0 aliphatic rings. The molecule has 8 heteroatoms. The van der Waals surface area contributed by atoms with E-state index in [0.717, 1.165) is 10.8 Å². The summed E-state index contributed by atoms with van der Waals surface area (Å²) >= 11 is 0. The van der Waals surface area contributed by atoms with Gasteiger partial charge in [-0.15, -0.1) is 10.2 Å². The van der Waals surface area contributed by atoms with Crippen molar-refractivity contribution in [3.8, 4) is 17.2 Å². The van der Waals surface area contributed by atoms with E-state index in [1.165, 1.54) is 6.20 Å². The molecule has 0 atom stereocenters. The Hall–Kier alpha value is -3.42. The fraction of sp³-hybridized carbons (Fsp3) is 0.111. The van der Waals surface area contributed by atoms with Crippen molar-refractivity contribution in [2.45, 2.75) is 13.0 Å². The highest BCUT2D eigenvalue weighted by Crippen LogP contribution is 2.26. The summed E-state index contributed by atoms with van der Waals surface area (Å²) in [7, 11) is 0. The van der Waals surface area contributed by atoms with Gasteiger partial charge in [0.25, 0.3) is 5.89 Å². The van der Waals surface area contributed by atoms with Crippen LogP contribution in [0.1, 0.15) is 18.0 Å². The first kappa shape index (κ1) is 16.1. The van der Waals surface area contributed by atoms with E-state index in [4.69, 9.17) is 9.15 Å². The summed E-state index contributed by atoms with van der Waals surface area (Å²) in [4.78, 5) is 8.36. The summed E-state index contributed by atoms with van der Waals surface area (Å²) in [6, 6.07) is 11.0. The van der Waals surface area contributed by atoms with Gasteiger partial charge in [0.2, 0.25) is 5.89 Å². The van der Waals surface area contributed by atoms with Crippen molar-refractivity contribution in [1.82, 2.24) is 20.2 Å². The lowest BCUT2D eigenvalue weighted by Crippen LogP contribution is -1.98. The Morgan fingerprint density at radius 1 is 1.04 bits per heavy atom. The number of alkyl halides is 2. The molecule has 4 rings (SSSR count). The van der Waals surface area contributed by atoms with Crippen LogP contribution in [0, 0.1) is 0 Å².